The number of ether oxygens (including phenoxy) is 1. The number of hydrogen-bond donors (Lipinski definition) is 0. The van der Waals surface area contributed by atoms with Gasteiger partial charge in [0.25, 0.3) is 0 Å². The largest absolute Gasteiger partial charge is 0.444 e. The summed E-state index contributed by atoms with van der Waals surface area (Å²) < 4.78 is 28.2. The standard InChI is InChI=1S/C11H18ClNO4S/c1-11(2,3)17-10(14)13-7-4-5-8(13)9(6-7)18(12,15)16/h7-9H,4-6H2,1-3H3. The van der Waals surface area contributed by atoms with E-state index in [2.05, 4.69) is 0 Å². The van der Waals surface area contributed by atoms with Crippen molar-refractivity contribution < 1.29 is 17.9 Å². The molecule has 3 unspecified atom stereocenters. The van der Waals surface area contributed by atoms with Crippen LogP contribution in [0.15, 0.2) is 0 Å². The summed E-state index contributed by atoms with van der Waals surface area (Å²) in [5.74, 6) is 0. The monoisotopic (exact) mass is 295 g/mol. The van der Waals surface area contributed by atoms with E-state index in [4.69, 9.17) is 15.4 Å². The van der Waals surface area contributed by atoms with Gasteiger partial charge in [-0.05, 0) is 40.0 Å². The quantitative estimate of drug-likeness (QED) is 0.695. The Morgan fingerprint density at radius 2 is 1.94 bits per heavy atom. The lowest BCUT2D eigenvalue weighted by Gasteiger charge is -2.27. The molecule has 5 nitrogen and oxygen atoms in total. The molecule has 104 valence electrons. The number of nitrogens with zero attached hydrogens (tertiary/aromatic N) is 1. The molecule has 3 atom stereocenters. The van der Waals surface area contributed by atoms with Crippen LogP contribution in [0.5, 0.6) is 0 Å². The predicted octanol–water partition coefficient (Wildman–Crippen LogP) is 2.10. The van der Waals surface area contributed by atoms with E-state index in [9.17, 15) is 13.2 Å². The van der Waals surface area contributed by atoms with Gasteiger partial charge in [-0.1, -0.05) is 0 Å². The first-order valence-electron chi connectivity index (χ1n) is 6.04. The molecule has 1 amide bonds. The van der Waals surface area contributed by atoms with Crippen molar-refractivity contribution in [2.24, 2.45) is 0 Å². The molecule has 2 rings (SSSR count). The van der Waals surface area contributed by atoms with Crippen molar-refractivity contribution in [3.63, 3.8) is 0 Å². The normalized spacial score (nSPS) is 31.8. The van der Waals surface area contributed by atoms with E-state index in [0.29, 0.717) is 12.8 Å². The van der Waals surface area contributed by atoms with E-state index in [1.165, 1.54) is 0 Å². The molecule has 0 aromatic carbocycles. The van der Waals surface area contributed by atoms with Crippen LogP contribution >= 0.6 is 10.7 Å². The average molecular weight is 296 g/mol. The minimum absolute atomic E-state index is 0.0524. The fourth-order valence-corrected chi connectivity index (χ4v) is 4.50. The van der Waals surface area contributed by atoms with Crippen LogP contribution in [0.3, 0.4) is 0 Å². The Balaban J connectivity index is 2.15. The Morgan fingerprint density at radius 1 is 1.33 bits per heavy atom. The second-order valence-electron chi connectivity index (χ2n) is 5.94. The van der Waals surface area contributed by atoms with Crippen molar-refractivity contribution in [1.29, 1.82) is 0 Å². The summed E-state index contributed by atoms with van der Waals surface area (Å²) in [7, 11) is 1.81. The minimum atomic E-state index is -3.62. The molecule has 2 fully saturated rings. The maximum absolute atomic E-state index is 12.1. The molecule has 2 heterocycles. The highest BCUT2D eigenvalue weighted by molar-refractivity contribution is 8.14. The van der Waals surface area contributed by atoms with Gasteiger partial charge in [-0.3, -0.25) is 0 Å². The summed E-state index contributed by atoms with van der Waals surface area (Å²) >= 11 is 0. The van der Waals surface area contributed by atoms with Gasteiger partial charge in [0.2, 0.25) is 9.05 Å². The highest BCUT2D eigenvalue weighted by Crippen LogP contribution is 2.42. The van der Waals surface area contributed by atoms with E-state index in [1.807, 2.05) is 0 Å². The topological polar surface area (TPSA) is 63.7 Å². The molecule has 2 aliphatic rings. The van der Waals surface area contributed by atoms with Crippen LogP contribution in [0.4, 0.5) is 4.79 Å². The van der Waals surface area contributed by atoms with Crippen LogP contribution in [0.2, 0.25) is 0 Å². The number of carbonyl (C=O) groups excluding carboxylic acids is 1. The maximum Gasteiger partial charge on any atom is 0.410 e. The molecule has 0 radical (unpaired) electrons. The number of rotatable bonds is 1. The van der Waals surface area contributed by atoms with E-state index in [0.717, 1.165) is 6.42 Å². The van der Waals surface area contributed by atoms with Crippen molar-refractivity contribution in [3.05, 3.63) is 0 Å². The zero-order chi connectivity index (χ0) is 13.7. The van der Waals surface area contributed by atoms with E-state index >= 15 is 0 Å². The third-order valence-electron chi connectivity index (χ3n) is 3.45. The summed E-state index contributed by atoms with van der Waals surface area (Å²) in [4.78, 5) is 13.6. The predicted molar refractivity (Wildman–Crippen MR) is 68.1 cm³/mol. The van der Waals surface area contributed by atoms with Crippen LogP contribution in [-0.2, 0) is 13.8 Å². The Bertz CT molecular complexity index is 456. The van der Waals surface area contributed by atoms with Crippen LogP contribution in [0, 0.1) is 0 Å². The number of hydrogen-bond acceptors (Lipinski definition) is 4. The van der Waals surface area contributed by atoms with Crippen LogP contribution in [-0.4, -0.2) is 42.3 Å². The molecule has 0 aliphatic carbocycles. The molecule has 0 aromatic rings. The summed E-state index contributed by atoms with van der Waals surface area (Å²) in [6, 6.07) is -0.379. The van der Waals surface area contributed by atoms with Crippen LogP contribution < -0.4 is 0 Å². The Hall–Kier alpha value is -0.490. The molecular weight excluding hydrogens is 278 g/mol. The lowest BCUT2D eigenvalue weighted by atomic mass is 10.0. The highest BCUT2D eigenvalue weighted by Gasteiger charge is 2.54. The van der Waals surface area contributed by atoms with Crippen molar-refractivity contribution in [1.82, 2.24) is 4.90 Å². The molecule has 7 heteroatoms. The van der Waals surface area contributed by atoms with E-state index < -0.39 is 26.0 Å². The van der Waals surface area contributed by atoms with Gasteiger partial charge in [-0.25, -0.2) is 13.2 Å². The van der Waals surface area contributed by atoms with Gasteiger partial charge in [0.15, 0.2) is 0 Å². The average Bonchev–Trinajstić information content (AvgIpc) is 2.69. The Kier molecular flexibility index (Phi) is 3.30. The number of amides is 1. The Labute approximate surface area is 112 Å². The molecule has 0 spiro atoms. The minimum Gasteiger partial charge on any atom is -0.444 e. The van der Waals surface area contributed by atoms with E-state index in [1.54, 1.807) is 25.7 Å². The van der Waals surface area contributed by atoms with Crippen molar-refractivity contribution in [2.45, 2.75) is 63.0 Å². The molecule has 0 saturated carbocycles. The van der Waals surface area contributed by atoms with Crippen molar-refractivity contribution in [2.75, 3.05) is 0 Å². The van der Waals surface area contributed by atoms with Crippen LogP contribution in [0.1, 0.15) is 40.0 Å². The lowest BCUT2D eigenvalue weighted by molar-refractivity contribution is 0.0218. The number of carbonyl (C=O) groups is 1. The fourth-order valence-electron chi connectivity index (χ4n) is 2.84. The lowest BCUT2D eigenvalue weighted by Crippen LogP contribution is -2.42. The first-order valence-corrected chi connectivity index (χ1v) is 8.41. The van der Waals surface area contributed by atoms with Gasteiger partial charge in [0.05, 0.1) is 11.3 Å². The molecule has 2 aliphatic heterocycles. The van der Waals surface area contributed by atoms with Crippen LogP contribution in [0.25, 0.3) is 0 Å². The number of halogens is 1. The molecule has 2 bridgehead atoms. The first kappa shape index (κ1) is 13.9. The smallest absolute Gasteiger partial charge is 0.410 e. The van der Waals surface area contributed by atoms with Gasteiger partial charge < -0.3 is 9.64 Å². The third-order valence-corrected chi connectivity index (χ3v) is 5.36. The van der Waals surface area contributed by atoms with Gasteiger partial charge in [-0.2, -0.15) is 0 Å². The second-order valence-corrected chi connectivity index (χ2v) is 8.78. The fraction of sp³-hybridized carbons (Fsp3) is 0.909. The summed E-state index contributed by atoms with van der Waals surface area (Å²) in [6.07, 6.45) is 1.50. The summed E-state index contributed by atoms with van der Waals surface area (Å²) in [5, 5.41) is -0.648. The SMILES string of the molecule is CC(C)(C)OC(=O)N1C2CCC1C(S(=O)(=O)Cl)C2. The zero-order valence-electron chi connectivity index (χ0n) is 10.7. The summed E-state index contributed by atoms with van der Waals surface area (Å²) in [5.41, 5.74) is -0.575. The molecule has 2 saturated heterocycles. The molecule has 0 N–H and O–H groups in total. The highest BCUT2D eigenvalue weighted by atomic mass is 35.7. The first-order chi connectivity index (χ1) is 8.09. The summed E-state index contributed by atoms with van der Waals surface area (Å²) in [6.45, 7) is 5.37. The Morgan fingerprint density at radius 3 is 2.39 bits per heavy atom. The van der Waals surface area contributed by atoms with Gasteiger partial charge in [0, 0.05) is 16.7 Å². The maximum atomic E-state index is 12.1. The van der Waals surface area contributed by atoms with Crippen molar-refractivity contribution in [3.8, 4) is 0 Å². The molecule has 0 aromatic heterocycles. The van der Waals surface area contributed by atoms with Crippen molar-refractivity contribution >= 4 is 25.8 Å². The number of fused-ring (bicyclic) bond motifs is 2. The van der Waals surface area contributed by atoms with Gasteiger partial charge in [0.1, 0.15) is 5.60 Å². The van der Waals surface area contributed by atoms with E-state index in [-0.39, 0.29) is 12.1 Å². The second kappa shape index (κ2) is 4.27. The third kappa shape index (κ3) is 2.59. The van der Waals surface area contributed by atoms with Gasteiger partial charge in [-0.15, -0.1) is 0 Å². The zero-order valence-corrected chi connectivity index (χ0v) is 12.3. The molecular formula is C11H18ClNO4S. The van der Waals surface area contributed by atoms with Gasteiger partial charge >= 0.3 is 6.09 Å². The molecule has 18 heavy (non-hydrogen) atoms.